The first-order valence-electron chi connectivity index (χ1n) is 9.19. The fraction of sp³-hybridized carbons (Fsp3) is 0.550. The van der Waals surface area contributed by atoms with Crippen LogP contribution in [-0.2, 0) is 4.79 Å². The Morgan fingerprint density at radius 3 is 2.42 bits per heavy atom. The van der Waals surface area contributed by atoms with Crippen LogP contribution in [0.2, 0.25) is 0 Å². The third kappa shape index (κ3) is 5.77. The van der Waals surface area contributed by atoms with Crippen molar-refractivity contribution in [1.82, 2.24) is 10.9 Å². The number of hydrogen-bond acceptors (Lipinski definition) is 2. The molecule has 0 saturated carbocycles. The van der Waals surface area contributed by atoms with Crippen LogP contribution in [0.1, 0.15) is 51.6 Å². The molecule has 1 aromatic carbocycles. The molecule has 24 heavy (non-hydrogen) atoms. The van der Waals surface area contributed by atoms with Crippen LogP contribution < -0.4 is 10.9 Å². The molecule has 4 heteroatoms. The normalized spacial score (nSPS) is 12.6. The van der Waals surface area contributed by atoms with Crippen molar-refractivity contribution in [2.45, 2.75) is 46.1 Å². The van der Waals surface area contributed by atoms with Crippen molar-refractivity contribution in [3.05, 3.63) is 48.6 Å². The molecule has 1 atom stereocenters. The molecular formula is C20H34N3O+. The molecule has 134 valence electrons. The summed E-state index contributed by atoms with van der Waals surface area (Å²) in [5.41, 5.74) is 7.03. The summed E-state index contributed by atoms with van der Waals surface area (Å²) in [5.74, 6) is -0.187. The van der Waals surface area contributed by atoms with E-state index >= 15 is 0 Å². The number of benzene rings is 1. The van der Waals surface area contributed by atoms with Crippen LogP contribution in [-0.4, -0.2) is 36.6 Å². The molecule has 1 rings (SSSR count). The second-order valence-electron chi connectivity index (χ2n) is 6.26. The minimum atomic E-state index is -0.187. The fourth-order valence-electron chi connectivity index (χ4n) is 3.60. The maximum absolute atomic E-state index is 11.2. The Morgan fingerprint density at radius 1 is 1.21 bits per heavy atom. The van der Waals surface area contributed by atoms with Gasteiger partial charge in [-0.3, -0.25) is 10.2 Å². The van der Waals surface area contributed by atoms with Crippen molar-refractivity contribution in [3.8, 4) is 0 Å². The van der Waals surface area contributed by atoms with Crippen LogP contribution in [0.5, 0.6) is 0 Å². The number of amides is 1. The average molecular weight is 333 g/mol. The molecule has 1 aromatic rings. The zero-order valence-corrected chi connectivity index (χ0v) is 15.6. The molecule has 0 aliphatic carbocycles. The van der Waals surface area contributed by atoms with Gasteiger partial charge in [0, 0.05) is 18.5 Å². The van der Waals surface area contributed by atoms with Gasteiger partial charge in [0.25, 0.3) is 5.91 Å². The van der Waals surface area contributed by atoms with Crippen LogP contribution in [0.25, 0.3) is 0 Å². The van der Waals surface area contributed by atoms with Gasteiger partial charge in [-0.25, -0.2) is 5.43 Å². The van der Waals surface area contributed by atoms with Gasteiger partial charge in [0.15, 0.2) is 0 Å². The van der Waals surface area contributed by atoms with Crippen LogP contribution in [0.3, 0.4) is 0 Å². The smallest absolute Gasteiger partial charge is 0.257 e. The summed E-state index contributed by atoms with van der Waals surface area (Å²) in [4.78, 5) is 11.2. The predicted octanol–water partition coefficient (Wildman–Crippen LogP) is 3.58. The Bertz CT molecular complexity index is 483. The number of rotatable bonds is 12. The Balaban J connectivity index is 2.79. The Labute approximate surface area is 147 Å². The van der Waals surface area contributed by atoms with Crippen molar-refractivity contribution in [2.75, 3.05) is 26.2 Å². The van der Waals surface area contributed by atoms with Gasteiger partial charge in [-0.2, -0.15) is 0 Å². The Kier molecular flexibility index (Phi) is 9.35. The number of carbonyl (C=O) groups is 1. The van der Waals surface area contributed by atoms with Crippen molar-refractivity contribution in [2.24, 2.45) is 0 Å². The van der Waals surface area contributed by atoms with E-state index in [1.807, 2.05) is 0 Å². The van der Waals surface area contributed by atoms with E-state index in [0.717, 1.165) is 37.0 Å². The third-order valence-corrected chi connectivity index (χ3v) is 4.95. The first-order chi connectivity index (χ1) is 11.6. The van der Waals surface area contributed by atoms with Gasteiger partial charge in [-0.15, -0.1) is 0 Å². The van der Waals surface area contributed by atoms with Gasteiger partial charge in [0.05, 0.1) is 19.6 Å². The summed E-state index contributed by atoms with van der Waals surface area (Å²) in [5, 5.41) is 0. The van der Waals surface area contributed by atoms with E-state index in [-0.39, 0.29) is 5.91 Å². The van der Waals surface area contributed by atoms with Gasteiger partial charge in [0.2, 0.25) is 0 Å². The van der Waals surface area contributed by atoms with Gasteiger partial charge in [0.1, 0.15) is 6.04 Å². The van der Waals surface area contributed by atoms with E-state index < -0.39 is 0 Å². The van der Waals surface area contributed by atoms with E-state index in [1.54, 1.807) is 0 Å². The molecule has 0 aliphatic rings. The summed E-state index contributed by atoms with van der Waals surface area (Å²) in [7, 11) is 0. The summed E-state index contributed by atoms with van der Waals surface area (Å²) < 4.78 is 1.12. The predicted molar refractivity (Wildman–Crippen MR) is 101 cm³/mol. The number of hydrogen-bond donors (Lipinski definition) is 2. The lowest BCUT2D eigenvalue weighted by Crippen LogP contribution is -2.51. The van der Waals surface area contributed by atoms with E-state index in [9.17, 15) is 4.79 Å². The average Bonchev–Trinajstić information content (AvgIpc) is 2.63. The second-order valence-corrected chi connectivity index (χ2v) is 6.26. The standard InChI is InChI=1S/C20H33N3O/c1-5-17-23(7-3,8-4)19(18-13-10-9-11-14-18)15-12-16-21-22-20(24)6-2/h6,9-11,13-14,19,21H,2,5,7-8,12,15-17H2,1,3-4H3/p+1. The zero-order valence-electron chi connectivity index (χ0n) is 15.6. The maximum atomic E-state index is 11.2. The lowest BCUT2D eigenvalue weighted by molar-refractivity contribution is -0.954. The highest BCUT2D eigenvalue weighted by Crippen LogP contribution is 2.33. The van der Waals surface area contributed by atoms with Crippen LogP contribution in [0.4, 0.5) is 0 Å². The molecule has 0 aromatic heterocycles. The molecule has 0 heterocycles. The maximum Gasteiger partial charge on any atom is 0.257 e. The third-order valence-electron chi connectivity index (χ3n) is 4.95. The van der Waals surface area contributed by atoms with Gasteiger partial charge in [-0.1, -0.05) is 43.8 Å². The zero-order chi connectivity index (χ0) is 17.8. The van der Waals surface area contributed by atoms with E-state index in [2.05, 4.69) is 68.5 Å². The number of hydrazine groups is 1. The minimum absolute atomic E-state index is 0.187. The first-order valence-corrected chi connectivity index (χ1v) is 9.19. The largest absolute Gasteiger partial charge is 0.318 e. The summed E-state index contributed by atoms with van der Waals surface area (Å²) in [6.45, 7) is 14.6. The molecule has 0 aliphatic heterocycles. The van der Waals surface area contributed by atoms with Gasteiger partial charge in [-0.05, 0) is 32.8 Å². The highest BCUT2D eigenvalue weighted by molar-refractivity contribution is 5.86. The Hall–Kier alpha value is -1.65. The lowest BCUT2D eigenvalue weighted by Gasteiger charge is -2.44. The van der Waals surface area contributed by atoms with Crippen molar-refractivity contribution in [1.29, 1.82) is 0 Å². The molecule has 0 saturated heterocycles. The quantitative estimate of drug-likeness (QED) is 0.266. The SMILES string of the molecule is C=CC(=O)NNCCCC(c1ccccc1)[N+](CC)(CC)CCC. The molecular weight excluding hydrogens is 298 g/mol. The monoisotopic (exact) mass is 332 g/mol. The molecule has 4 nitrogen and oxygen atoms in total. The van der Waals surface area contributed by atoms with Gasteiger partial charge >= 0.3 is 0 Å². The fourth-order valence-corrected chi connectivity index (χ4v) is 3.60. The van der Waals surface area contributed by atoms with E-state index in [4.69, 9.17) is 0 Å². The highest BCUT2D eigenvalue weighted by atomic mass is 16.2. The molecule has 0 spiro atoms. The molecule has 1 amide bonds. The summed E-state index contributed by atoms with van der Waals surface area (Å²) in [6, 6.07) is 11.4. The minimum Gasteiger partial charge on any atom is -0.318 e. The summed E-state index contributed by atoms with van der Waals surface area (Å²) >= 11 is 0. The highest BCUT2D eigenvalue weighted by Gasteiger charge is 2.33. The number of quaternary nitrogens is 1. The number of nitrogens with zero attached hydrogens (tertiary/aromatic N) is 1. The molecule has 1 unspecified atom stereocenters. The van der Waals surface area contributed by atoms with Crippen LogP contribution >= 0.6 is 0 Å². The topological polar surface area (TPSA) is 41.1 Å². The number of carbonyl (C=O) groups excluding carboxylic acids is 1. The molecule has 2 N–H and O–H groups in total. The number of nitrogens with one attached hydrogen (secondary N) is 2. The molecule has 0 fully saturated rings. The first kappa shape index (κ1) is 20.4. The second kappa shape index (κ2) is 11.0. The summed E-state index contributed by atoms with van der Waals surface area (Å²) in [6.07, 6.45) is 4.58. The van der Waals surface area contributed by atoms with Crippen LogP contribution in [0, 0.1) is 0 Å². The van der Waals surface area contributed by atoms with Gasteiger partial charge < -0.3 is 4.48 Å². The van der Waals surface area contributed by atoms with Crippen LogP contribution in [0.15, 0.2) is 43.0 Å². The molecule has 0 bridgehead atoms. The van der Waals surface area contributed by atoms with E-state index in [1.165, 1.54) is 24.6 Å². The lowest BCUT2D eigenvalue weighted by atomic mass is 9.96. The van der Waals surface area contributed by atoms with Crippen molar-refractivity contribution >= 4 is 5.91 Å². The van der Waals surface area contributed by atoms with E-state index in [0.29, 0.717) is 6.04 Å². The Morgan fingerprint density at radius 2 is 1.88 bits per heavy atom. The van der Waals surface area contributed by atoms with Crippen molar-refractivity contribution in [3.63, 3.8) is 0 Å². The molecule has 0 radical (unpaired) electrons. The van der Waals surface area contributed by atoms with Crippen molar-refractivity contribution < 1.29 is 9.28 Å².